The first kappa shape index (κ1) is 20.4. The second-order valence-corrected chi connectivity index (χ2v) is 7.42. The lowest BCUT2D eigenvalue weighted by Gasteiger charge is -2.24. The lowest BCUT2D eigenvalue weighted by Crippen LogP contribution is -2.37. The molecule has 0 aliphatic carbocycles. The third kappa shape index (κ3) is 8.84. The number of aromatic nitrogens is 3. The molecule has 9 nitrogen and oxygen atoms in total. The minimum atomic E-state index is -0.646. The topological polar surface area (TPSA) is 105 Å². The SMILES string of the molecule is NCCOCCOCCOCCn1cc(CN2CCS(=O)CC2)nn1. The number of nitrogens with zero attached hydrogens (tertiary/aromatic N) is 4. The predicted molar refractivity (Wildman–Crippen MR) is 94.7 cm³/mol. The molecule has 144 valence electrons. The van der Waals surface area contributed by atoms with Crippen LogP contribution in [0.15, 0.2) is 6.20 Å². The van der Waals surface area contributed by atoms with E-state index in [4.69, 9.17) is 19.9 Å². The molecular formula is C15H29N5O4S. The van der Waals surface area contributed by atoms with Crippen LogP contribution in [0, 0.1) is 0 Å². The van der Waals surface area contributed by atoms with Gasteiger partial charge in [-0.3, -0.25) is 9.11 Å². The Labute approximate surface area is 151 Å². The van der Waals surface area contributed by atoms with E-state index >= 15 is 0 Å². The van der Waals surface area contributed by atoms with Gasteiger partial charge in [0.1, 0.15) is 0 Å². The monoisotopic (exact) mass is 375 g/mol. The molecule has 0 atom stereocenters. The normalized spacial score (nSPS) is 16.5. The van der Waals surface area contributed by atoms with E-state index in [1.807, 2.05) is 6.20 Å². The molecule has 0 unspecified atom stereocenters. The summed E-state index contributed by atoms with van der Waals surface area (Å²) in [4.78, 5) is 2.26. The van der Waals surface area contributed by atoms with Crippen LogP contribution in [0.4, 0.5) is 0 Å². The molecule has 0 bridgehead atoms. The van der Waals surface area contributed by atoms with Crippen LogP contribution < -0.4 is 5.73 Å². The first-order chi connectivity index (χ1) is 12.3. The van der Waals surface area contributed by atoms with Crippen LogP contribution in [-0.4, -0.2) is 94.9 Å². The first-order valence-electron chi connectivity index (χ1n) is 8.67. The fourth-order valence-electron chi connectivity index (χ4n) is 2.37. The van der Waals surface area contributed by atoms with Gasteiger partial charge in [0.05, 0.1) is 51.9 Å². The van der Waals surface area contributed by atoms with Gasteiger partial charge < -0.3 is 19.9 Å². The van der Waals surface area contributed by atoms with Crippen molar-refractivity contribution < 1.29 is 18.4 Å². The van der Waals surface area contributed by atoms with E-state index in [9.17, 15) is 4.21 Å². The van der Waals surface area contributed by atoms with Crippen LogP contribution in [0.1, 0.15) is 5.69 Å². The van der Waals surface area contributed by atoms with Gasteiger partial charge in [-0.15, -0.1) is 5.10 Å². The van der Waals surface area contributed by atoms with Gasteiger partial charge >= 0.3 is 0 Å². The zero-order chi connectivity index (χ0) is 17.7. The van der Waals surface area contributed by atoms with E-state index in [0.717, 1.165) is 36.8 Å². The van der Waals surface area contributed by atoms with Gasteiger partial charge in [-0.25, -0.2) is 4.68 Å². The van der Waals surface area contributed by atoms with E-state index in [2.05, 4.69) is 15.2 Å². The molecule has 0 spiro atoms. The number of rotatable bonds is 13. The second kappa shape index (κ2) is 12.4. The molecule has 0 aromatic carbocycles. The van der Waals surface area contributed by atoms with E-state index in [1.54, 1.807) is 4.68 Å². The molecule has 1 fully saturated rings. The largest absolute Gasteiger partial charge is 0.378 e. The molecule has 1 aromatic rings. The highest BCUT2D eigenvalue weighted by molar-refractivity contribution is 7.85. The molecule has 0 saturated carbocycles. The molecule has 2 N–H and O–H groups in total. The molecule has 2 heterocycles. The van der Waals surface area contributed by atoms with Crippen molar-refractivity contribution in [2.24, 2.45) is 5.73 Å². The minimum absolute atomic E-state index is 0.534. The summed E-state index contributed by atoms with van der Waals surface area (Å²) < 4.78 is 29.2. The van der Waals surface area contributed by atoms with Crippen molar-refractivity contribution in [2.45, 2.75) is 13.1 Å². The summed E-state index contributed by atoms with van der Waals surface area (Å²) in [6.45, 7) is 7.02. The summed E-state index contributed by atoms with van der Waals surface area (Å²) >= 11 is 0. The summed E-state index contributed by atoms with van der Waals surface area (Å²) in [5, 5.41) is 8.30. The summed E-state index contributed by atoms with van der Waals surface area (Å²) in [6.07, 6.45) is 1.94. The van der Waals surface area contributed by atoms with Gasteiger partial charge in [-0.05, 0) is 0 Å². The van der Waals surface area contributed by atoms with Gasteiger partial charge in [0.2, 0.25) is 0 Å². The molecule has 25 heavy (non-hydrogen) atoms. The Hall–Kier alpha value is -0.910. The Kier molecular flexibility index (Phi) is 10.2. The smallest absolute Gasteiger partial charge is 0.0967 e. The van der Waals surface area contributed by atoms with Crippen LogP contribution in [0.2, 0.25) is 0 Å². The highest BCUT2D eigenvalue weighted by Crippen LogP contribution is 2.05. The minimum Gasteiger partial charge on any atom is -0.378 e. The predicted octanol–water partition coefficient (Wildman–Crippen LogP) is -1.15. The fraction of sp³-hybridized carbons (Fsp3) is 0.867. The van der Waals surface area contributed by atoms with Crippen molar-refractivity contribution in [1.82, 2.24) is 19.9 Å². The first-order valence-corrected chi connectivity index (χ1v) is 10.2. The summed E-state index contributed by atoms with van der Waals surface area (Å²) in [5.41, 5.74) is 6.25. The van der Waals surface area contributed by atoms with Gasteiger partial charge in [0.15, 0.2) is 0 Å². The van der Waals surface area contributed by atoms with E-state index < -0.39 is 10.8 Å². The van der Waals surface area contributed by atoms with Crippen molar-refractivity contribution in [3.05, 3.63) is 11.9 Å². The number of hydrogen-bond acceptors (Lipinski definition) is 8. The third-order valence-corrected chi connectivity index (χ3v) is 4.99. The molecule has 1 aromatic heterocycles. The summed E-state index contributed by atoms with van der Waals surface area (Å²) in [5.74, 6) is 1.51. The highest BCUT2D eigenvalue weighted by atomic mass is 32.2. The summed E-state index contributed by atoms with van der Waals surface area (Å²) in [6, 6.07) is 0. The molecule has 1 aliphatic rings. The van der Waals surface area contributed by atoms with Crippen LogP contribution in [-0.2, 0) is 38.1 Å². The molecule has 10 heteroatoms. The Morgan fingerprint density at radius 3 is 2.36 bits per heavy atom. The Morgan fingerprint density at radius 2 is 1.68 bits per heavy atom. The maximum atomic E-state index is 11.4. The fourth-order valence-corrected chi connectivity index (χ4v) is 3.49. The standard InChI is InChI=1S/C15H29N5O4S/c16-1-5-22-7-9-24-10-8-23-6-2-20-14-15(17-18-20)13-19-3-11-25(21)12-4-19/h14H,1-13,16H2. The molecule has 1 aliphatic heterocycles. The molecule has 0 radical (unpaired) electrons. The van der Waals surface area contributed by atoms with Gasteiger partial charge in [0.25, 0.3) is 0 Å². The quantitative estimate of drug-likeness (QED) is 0.431. The van der Waals surface area contributed by atoms with E-state index in [0.29, 0.717) is 52.7 Å². The maximum Gasteiger partial charge on any atom is 0.0967 e. The third-order valence-electron chi connectivity index (χ3n) is 3.71. The van der Waals surface area contributed by atoms with Crippen LogP contribution >= 0.6 is 0 Å². The van der Waals surface area contributed by atoms with Gasteiger partial charge in [0, 0.05) is 54.7 Å². The lowest BCUT2D eigenvalue weighted by molar-refractivity contribution is 0.0141. The Bertz CT molecular complexity index is 492. The van der Waals surface area contributed by atoms with Crippen molar-refractivity contribution in [1.29, 1.82) is 0 Å². The van der Waals surface area contributed by atoms with Crippen LogP contribution in [0.25, 0.3) is 0 Å². The second-order valence-electron chi connectivity index (χ2n) is 5.72. The van der Waals surface area contributed by atoms with Crippen LogP contribution in [0.3, 0.4) is 0 Å². The molecule has 0 amide bonds. The molecule has 2 rings (SSSR count). The van der Waals surface area contributed by atoms with E-state index in [1.165, 1.54) is 0 Å². The highest BCUT2D eigenvalue weighted by Gasteiger charge is 2.16. The van der Waals surface area contributed by atoms with Gasteiger partial charge in [-0.1, -0.05) is 5.21 Å². The van der Waals surface area contributed by atoms with Crippen molar-refractivity contribution in [3.63, 3.8) is 0 Å². The number of hydrogen-bond donors (Lipinski definition) is 1. The van der Waals surface area contributed by atoms with Crippen molar-refractivity contribution >= 4 is 10.8 Å². The molecule has 1 saturated heterocycles. The summed E-state index contributed by atoms with van der Waals surface area (Å²) in [7, 11) is -0.646. The number of ether oxygens (including phenoxy) is 3. The van der Waals surface area contributed by atoms with Gasteiger partial charge in [-0.2, -0.15) is 0 Å². The maximum absolute atomic E-state index is 11.4. The average Bonchev–Trinajstić information content (AvgIpc) is 3.06. The zero-order valence-electron chi connectivity index (χ0n) is 14.7. The average molecular weight is 375 g/mol. The van der Waals surface area contributed by atoms with Crippen molar-refractivity contribution in [2.75, 3.05) is 70.8 Å². The lowest BCUT2D eigenvalue weighted by atomic mass is 10.4. The van der Waals surface area contributed by atoms with Crippen LogP contribution in [0.5, 0.6) is 0 Å². The van der Waals surface area contributed by atoms with Crippen molar-refractivity contribution in [3.8, 4) is 0 Å². The number of nitrogens with two attached hydrogens (primary N) is 1. The Balaban J connectivity index is 1.48. The zero-order valence-corrected chi connectivity index (χ0v) is 15.5. The van der Waals surface area contributed by atoms with E-state index in [-0.39, 0.29) is 0 Å². The Morgan fingerprint density at radius 1 is 1.04 bits per heavy atom. The molecular weight excluding hydrogens is 346 g/mol.